The molecule has 0 radical (unpaired) electrons. The standard InChI is InChI=1S/C15H19NO2/c17-14(12-5-6-12)16-10-15(18)8-7-11-3-1-2-4-13(11)9-15/h1-4,12,18H,5-10H2,(H,16,17)/t15-/m0/s1. The Morgan fingerprint density at radius 1 is 1.33 bits per heavy atom. The molecule has 0 spiro atoms. The predicted octanol–water partition coefficient (Wildman–Crippen LogP) is 1.43. The molecule has 0 bridgehead atoms. The molecule has 3 rings (SSSR count). The summed E-state index contributed by atoms with van der Waals surface area (Å²) in [6.07, 6.45) is 4.29. The van der Waals surface area contributed by atoms with Crippen LogP contribution in [-0.4, -0.2) is 23.2 Å². The Morgan fingerprint density at radius 2 is 2.06 bits per heavy atom. The predicted molar refractivity (Wildman–Crippen MR) is 69.2 cm³/mol. The van der Waals surface area contributed by atoms with E-state index in [0.29, 0.717) is 13.0 Å². The van der Waals surface area contributed by atoms with Crippen molar-refractivity contribution in [2.45, 2.75) is 37.7 Å². The molecule has 2 aliphatic carbocycles. The third-order valence-corrected chi connectivity index (χ3v) is 4.04. The lowest BCUT2D eigenvalue weighted by molar-refractivity contribution is -0.123. The molecular formula is C15H19NO2. The summed E-state index contributed by atoms with van der Waals surface area (Å²) in [5, 5.41) is 13.5. The normalized spacial score (nSPS) is 26.5. The number of hydrogen-bond donors (Lipinski definition) is 2. The second-order valence-corrected chi connectivity index (χ2v) is 5.66. The molecule has 2 aliphatic rings. The van der Waals surface area contributed by atoms with Gasteiger partial charge in [-0.25, -0.2) is 0 Å². The average molecular weight is 245 g/mol. The number of carbonyl (C=O) groups is 1. The third-order valence-electron chi connectivity index (χ3n) is 4.04. The number of fused-ring (bicyclic) bond motifs is 1. The molecular weight excluding hydrogens is 226 g/mol. The highest BCUT2D eigenvalue weighted by atomic mass is 16.3. The maximum Gasteiger partial charge on any atom is 0.223 e. The summed E-state index contributed by atoms with van der Waals surface area (Å²) in [5.41, 5.74) is 1.78. The van der Waals surface area contributed by atoms with Gasteiger partial charge in [-0.1, -0.05) is 24.3 Å². The molecule has 1 fully saturated rings. The van der Waals surface area contributed by atoms with E-state index in [1.807, 2.05) is 12.1 Å². The number of benzene rings is 1. The fourth-order valence-corrected chi connectivity index (χ4v) is 2.68. The third kappa shape index (κ3) is 2.41. The van der Waals surface area contributed by atoms with Gasteiger partial charge >= 0.3 is 0 Å². The summed E-state index contributed by atoms with van der Waals surface area (Å²) in [4.78, 5) is 11.6. The molecule has 0 heterocycles. The van der Waals surface area contributed by atoms with Gasteiger partial charge in [0.1, 0.15) is 0 Å². The van der Waals surface area contributed by atoms with Gasteiger partial charge in [-0.3, -0.25) is 4.79 Å². The van der Waals surface area contributed by atoms with Crippen LogP contribution in [0, 0.1) is 5.92 Å². The zero-order chi connectivity index (χ0) is 12.6. The summed E-state index contributed by atoms with van der Waals surface area (Å²) < 4.78 is 0. The van der Waals surface area contributed by atoms with Crippen LogP contribution < -0.4 is 5.32 Å². The Labute approximate surface area is 107 Å². The van der Waals surface area contributed by atoms with Crippen molar-refractivity contribution in [3.05, 3.63) is 35.4 Å². The molecule has 3 heteroatoms. The van der Waals surface area contributed by atoms with E-state index >= 15 is 0 Å². The molecule has 1 amide bonds. The van der Waals surface area contributed by atoms with Gasteiger partial charge in [-0.05, 0) is 36.8 Å². The van der Waals surface area contributed by atoms with Crippen molar-refractivity contribution >= 4 is 5.91 Å². The SMILES string of the molecule is O=C(NC[C@]1(O)CCc2ccccc2C1)C1CC1. The molecule has 1 aromatic rings. The molecule has 0 aromatic heterocycles. The van der Waals surface area contributed by atoms with Crippen LogP contribution in [0.4, 0.5) is 0 Å². The Kier molecular flexibility index (Phi) is 2.86. The number of rotatable bonds is 3. The summed E-state index contributed by atoms with van der Waals surface area (Å²) >= 11 is 0. The summed E-state index contributed by atoms with van der Waals surface area (Å²) in [5.74, 6) is 0.326. The van der Waals surface area contributed by atoms with Gasteiger partial charge in [0, 0.05) is 18.9 Å². The van der Waals surface area contributed by atoms with Crippen LogP contribution in [-0.2, 0) is 17.6 Å². The molecule has 3 nitrogen and oxygen atoms in total. The largest absolute Gasteiger partial charge is 0.388 e. The van der Waals surface area contributed by atoms with Crippen molar-refractivity contribution in [1.82, 2.24) is 5.32 Å². The van der Waals surface area contributed by atoms with Crippen molar-refractivity contribution in [3.8, 4) is 0 Å². The Balaban J connectivity index is 1.63. The van der Waals surface area contributed by atoms with E-state index < -0.39 is 5.60 Å². The van der Waals surface area contributed by atoms with Crippen LogP contribution >= 0.6 is 0 Å². The Morgan fingerprint density at radius 3 is 2.78 bits per heavy atom. The van der Waals surface area contributed by atoms with Crippen molar-refractivity contribution < 1.29 is 9.90 Å². The molecule has 96 valence electrons. The molecule has 1 saturated carbocycles. The van der Waals surface area contributed by atoms with Gasteiger partial charge in [0.25, 0.3) is 0 Å². The highest BCUT2D eigenvalue weighted by Gasteiger charge is 2.35. The van der Waals surface area contributed by atoms with Crippen molar-refractivity contribution in [2.75, 3.05) is 6.54 Å². The van der Waals surface area contributed by atoms with Gasteiger partial charge in [-0.15, -0.1) is 0 Å². The zero-order valence-corrected chi connectivity index (χ0v) is 10.5. The first-order valence-electron chi connectivity index (χ1n) is 6.73. The van der Waals surface area contributed by atoms with E-state index in [1.54, 1.807) is 0 Å². The lowest BCUT2D eigenvalue weighted by Crippen LogP contribution is -2.47. The first-order chi connectivity index (χ1) is 8.66. The first-order valence-corrected chi connectivity index (χ1v) is 6.73. The average Bonchev–Trinajstić information content (AvgIpc) is 3.20. The number of aliphatic hydroxyl groups is 1. The number of hydrogen-bond acceptors (Lipinski definition) is 2. The summed E-state index contributed by atoms with van der Waals surface area (Å²) in [7, 11) is 0. The van der Waals surface area contributed by atoms with Gasteiger partial charge < -0.3 is 10.4 Å². The Hall–Kier alpha value is -1.35. The number of aryl methyl sites for hydroxylation is 1. The molecule has 0 saturated heterocycles. The first kappa shape index (κ1) is 11.7. The van der Waals surface area contributed by atoms with Crippen molar-refractivity contribution in [2.24, 2.45) is 5.92 Å². The van der Waals surface area contributed by atoms with E-state index in [1.165, 1.54) is 11.1 Å². The highest BCUT2D eigenvalue weighted by molar-refractivity contribution is 5.80. The lowest BCUT2D eigenvalue weighted by Gasteiger charge is -2.33. The van der Waals surface area contributed by atoms with Crippen LogP contribution in [0.3, 0.4) is 0 Å². The quantitative estimate of drug-likeness (QED) is 0.846. The summed E-state index contributed by atoms with van der Waals surface area (Å²) in [6.45, 7) is 0.386. The molecule has 0 aliphatic heterocycles. The van der Waals surface area contributed by atoms with Crippen molar-refractivity contribution in [3.63, 3.8) is 0 Å². The second kappa shape index (κ2) is 4.39. The van der Waals surface area contributed by atoms with Crippen LogP contribution in [0.1, 0.15) is 30.4 Å². The monoisotopic (exact) mass is 245 g/mol. The maximum absolute atomic E-state index is 11.6. The van der Waals surface area contributed by atoms with Gasteiger partial charge in [0.2, 0.25) is 5.91 Å². The maximum atomic E-state index is 11.6. The topological polar surface area (TPSA) is 49.3 Å². The van der Waals surface area contributed by atoms with Crippen LogP contribution in [0.25, 0.3) is 0 Å². The smallest absolute Gasteiger partial charge is 0.223 e. The fraction of sp³-hybridized carbons (Fsp3) is 0.533. The molecule has 1 aromatic carbocycles. The van der Waals surface area contributed by atoms with Crippen LogP contribution in [0.2, 0.25) is 0 Å². The minimum absolute atomic E-state index is 0.113. The highest BCUT2D eigenvalue weighted by Crippen LogP contribution is 2.30. The zero-order valence-electron chi connectivity index (χ0n) is 10.5. The molecule has 2 N–H and O–H groups in total. The number of carbonyl (C=O) groups excluding carboxylic acids is 1. The fourth-order valence-electron chi connectivity index (χ4n) is 2.68. The molecule has 1 atom stereocenters. The van der Waals surface area contributed by atoms with Gasteiger partial charge in [0.15, 0.2) is 0 Å². The van der Waals surface area contributed by atoms with E-state index in [2.05, 4.69) is 17.4 Å². The van der Waals surface area contributed by atoms with Crippen molar-refractivity contribution in [1.29, 1.82) is 0 Å². The second-order valence-electron chi connectivity index (χ2n) is 5.66. The molecule has 0 unspecified atom stereocenters. The Bertz CT molecular complexity index is 467. The van der Waals surface area contributed by atoms with Crippen LogP contribution in [0.15, 0.2) is 24.3 Å². The minimum atomic E-state index is -0.765. The minimum Gasteiger partial charge on any atom is -0.388 e. The van der Waals surface area contributed by atoms with E-state index in [4.69, 9.17) is 0 Å². The number of nitrogens with one attached hydrogen (secondary N) is 1. The van der Waals surface area contributed by atoms with Crippen LogP contribution in [0.5, 0.6) is 0 Å². The molecule has 18 heavy (non-hydrogen) atoms. The van der Waals surface area contributed by atoms with Gasteiger partial charge in [0.05, 0.1) is 5.60 Å². The lowest BCUT2D eigenvalue weighted by atomic mass is 9.80. The number of amides is 1. The van der Waals surface area contributed by atoms with E-state index in [0.717, 1.165) is 25.7 Å². The van der Waals surface area contributed by atoms with E-state index in [9.17, 15) is 9.90 Å². The van der Waals surface area contributed by atoms with Gasteiger partial charge in [-0.2, -0.15) is 0 Å². The van der Waals surface area contributed by atoms with E-state index in [-0.39, 0.29) is 11.8 Å². The summed E-state index contributed by atoms with van der Waals surface area (Å²) in [6, 6.07) is 8.24.